The molecule has 204 valence electrons. The fourth-order valence-corrected chi connectivity index (χ4v) is 4.65. The molecule has 0 aromatic heterocycles. The first-order valence-corrected chi connectivity index (χ1v) is 14.2. The van der Waals surface area contributed by atoms with Crippen LogP contribution in [0, 0.1) is 5.92 Å². The van der Waals surface area contributed by atoms with Crippen LogP contribution in [0.25, 0.3) is 0 Å². The minimum absolute atomic E-state index is 0.233. The lowest BCUT2D eigenvalue weighted by Gasteiger charge is -2.34. The quantitative estimate of drug-likeness (QED) is 0.157. The molecule has 36 heavy (non-hydrogen) atoms. The molecule has 2 amide bonds. The first-order valence-electron chi connectivity index (χ1n) is 14.2. The largest absolute Gasteiger partial charge is 0.379 e. The summed E-state index contributed by atoms with van der Waals surface area (Å²) in [5.74, 6) is -1.44. The zero-order chi connectivity index (χ0) is 26.1. The maximum absolute atomic E-state index is 13.5. The fourth-order valence-electron chi connectivity index (χ4n) is 4.65. The van der Waals surface area contributed by atoms with E-state index in [0.717, 1.165) is 70.9 Å². The number of nitrogens with zero attached hydrogens (tertiary/aromatic N) is 1. The average Bonchev–Trinajstić information content (AvgIpc) is 2.90. The van der Waals surface area contributed by atoms with Crippen LogP contribution >= 0.6 is 0 Å². The smallest absolute Gasteiger partial charge is 0.235 e. The van der Waals surface area contributed by atoms with Gasteiger partial charge in [-0.2, -0.15) is 0 Å². The molecule has 0 spiro atoms. The van der Waals surface area contributed by atoms with Gasteiger partial charge in [0.05, 0.1) is 13.2 Å². The van der Waals surface area contributed by atoms with Crippen molar-refractivity contribution >= 4 is 11.8 Å². The highest BCUT2D eigenvalue weighted by Gasteiger charge is 2.36. The van der Waals surface area contributed by atoms with Crippen LogP contribution in [0.15, 0.2) is 30.3 Å². The Morgan fingerprint density at radius 1 is 0.944 bits per heavy atom. The summed E-state index contributed by atoms with van der Waals surface area (Å²) < 4.78 is 5.44. The van der Waals surface area contributed by atoms with Crippen molar-refractivity contribution in [3.63, 3.8) is 0 Å². The average molecular weight is 504 g/mol. The van der Waals surface area contributed by atoms with Crippen molar-refractivity contribution in [1.82, 2.24) is 15.5 Å². The summed E-state index contributed by atoms with van der Waals surface area (Å²) >= 11 is 0. The van der Waals surface area contributed by atoms with Crippen LogP contribution in [0.5, 0.6) is 0 Å². The van der Waals surface area contributed by atoms with Crippen LogP contribution < -0.4 is 10.6 Å². The Hall–Kier alpha value is -1.96. The standard InChI is InChI=1S/C29H49N3O4/c1-3-5-7-9-13-17-26(27(33)30-19-14-8-6-4-2)28(34)31-29(35,25-15-11-10-12-16-25)18-20-32-21-23-36-24-22-32/h10-12,15-16,26,35H,3-9,13-14,17-24H2,1-2H3,(H,30,33)(H,31,34). The Bertz CT molecular complexity index is 739. The minimum Gasteiger partial charge on any atom is -0.379 e. The third-order valence-electron chi connectivity index (χ3n) is 7.03. The van der Waals surface area contributed by atoms with E-state index in [1.165, 1.54) is 0 Å². The molecule has 1 aromatic rings. The first-order chi connectivity index (χ1) is 17.5. The topological polar surface area (TPSA) is 90.9 Å². The van der Waals surface area contributed by atoms with E-state index in [2.05, 4.69) is 29.4 Å². The number of carbonyl (C=O) groups excluding carboxylic acids is 2. The van der Waals surface area contributed by atoms with Crippen LogP contribution in [0.1, 0.15) is 90.0 Å². The molecule has 7 nitrogen and oxygen atoms in total. The summed E-state index contributed by atoms with van der Waals surface area (Å²) in [5, 5.41) is 17.6. The number of carbonyl (C=O) groups is 2. The summed E-state index contributed by atoms with van der Waals surface area (Å²) in [7, 11) is 0. The second-order valence-electron chi connectivity index (χ2n) is 10.0. The van der Waals surface area contributed by atoms with Gasteiger partial charge in [0.2, 0.25) is 11.8 Å². The highest BCUT2D eigenvalue weighted by atomic mass is 16.5. The van der Waals surface area contributed by atoms with Crippen LogP contribution in [-0.4, -0.2) is 61.2 Å². The molecule has 1 heterocycles. The van der Waals surface area contributed by atoms with Crippen molar-refractivity contribution in [3.05, 3.63) is 35.9 Å². The number of rotatable bonds is 18. The second kappa shape index (κ2) is 17.5. The lowest BCUT2D eigenvalue weighted by atomic mass is 9.94. The number of hydrogen-bond acceptors (Lipinski definition) is 5. The molecule has 1 aromatic carbocycles. The molecule has 0 aliphatic carbocycles. The van der Waals surface area contributed by atoms with E-state index in [1.807, 2.05) is 30.3 Å². The third kappa shape index (κ3) is 11.0. The van der Waals surface area contributed by atoms with E-state index < -0.39 is 17.6 Å². The van der Waals surface area contributed by atoms with Gasteiger partial charge in [0.1, 0.15) is 5.92 Å². The van der Waals surface area contributed by atoms with Gasteiger partial charge in [0, 0.05) is 38.2 Å². The van der Waals surface area contributed by atoms with Crippen molar-refractivity contribution in [3.8, 4) is 0 Å². The number of morpholine rings is 1. The van der Waals surface area contributed by atoms with Crippen molar-refractivity contribution in [2.24, 2.45) is 5.92 Å². The van der Waals surface area contributed by atoms with E-state index in [0.29, 0.717) is 44.7 Å². The summed E-state index contributed by atoms with van der Waals surface area (Å²) in [6, 6.07) is 9.25. The molecule has 2 rings (SSSR count). The molecule has 1 aliphatic heterocycles. The number of unbranched alkanes of at least 4 members (excludes halogenated alkanes) is 7. The molecule has 0 saturated carbocycles. The predicted octanol–water partition coefficient (Wildman–Crippen LogP) is 4.34. The molecular formula is C29H49N3O4. The Kier molecular flexibility index (Phi) is 14.7. The summed E-state index contributed by atoms with van der Waals surface area (Å²) in [6.45, 7) is 8.50. The number of hydrogen-bond donors (Lipinski definition) is 3. The third-order valence-corrected chi connectivity index (χ3v) is 7.03. The van der Waals surface area contributed by atoms with Crippen LogP contribution in [0.2, 0.25) is 0 Å². The van der Waals surface area contributed by atoms with Crippen LogP contribution in [0.3, 0.4) is 0 Å². The Morgan fingerprint density at radius 3 is 2.25 bits per heavy atom. The maximum Gasteiger partial charge on any atom is 0.235 e. The van der Waals surface area contributed by atoms with Gasteiger partial charge in [-0.1, -0.05) is 95.5 Å². The zero-order valence-corrected chi connectivity index (χ0v) is 22.6. The second-order valence-corrected chi connectivity index (χ2v) is 10.0. The Labute approximate surface area is 218 Å². The number of benzene rings is 1. The highest BCUT2D eigenvalue weighted by Crippen LogP contribution is 2.24. The first kappa shape index (κ1) is 30.3. The van der Waals surface area contributed by atoms with Crippen molar-refractivity contribution < 1.29 is 19.4 Å². The Balaban J connectivity index is 2.08. The lowest BCUT2D eigenvalue weighted by molar-refractivity contribution is -0.141. The van der Waals surface area contributed by atoms with Gasteiger partial charge in [-0.25, -0.2) is 0 Å². The van der Waals surface area contributed by atoms with Gasteiger partial charge in [-0.15, -0.1) is 0 Å². The molecule has 1 fully saturated rings. The number of amides is 2. The summed E-state index contributed by atoms with van der Waals surface area (Å²) in [5.41, 5.74) is -0.910. The van der Waals surface area contributed by atoms with E-state index >= 15 is 0 Å². The van der Waals surface area contributed by atoms with Gasteiger partial charge in [-0.05, 0) is 12.8 Å². The maximum atomic E-state index is 13.5. The number of nitrogens with one attached hydrogen (secondary N) is 2. The molecule has 0 bridgehead atoms. The van der Waals surface area contributed by atoms with Crippen LogP contribution in [-0.2, 0) is 20.1 Å². The van der Waals surface area contributed by atoms with E-state index in [9.17, 15) is 14.7 Å². The van der Waals surface area contributed by atoms with Gasteiger partial charge in [0.25, 0.3) is 0 Å². The number of ether oxygens (including phenoxy) is 1. The molecular weight excluding hydrogens is 454 g/mol. The van der Waals surface area contributed by atoms with E-state index in [4.69, 9.17) is 4.74 Å². The predicted molar refractivity (Wildman–Crippen MR) is 144 cm³/mol. The van der Waals surface area contributed by atoms with Crippen molar-refractivity contribution in [1.29, 1.82) is 0 Å². The molecule has 0 radical (unpaired) electrons. The molecule has 1 aliphatic rings. The van der Waals surface area contributed by atoms with Gasteiger partial charge >= 0.3 is 0 Å². The normalized spacial score (nSPS) is 16.8. The highest BCUT2D eigenvalue weighted by molar-refractivity contribution is 6.00. The molecule has 2 atom stereocenters. The van der Waals surface area contributed by atoms with Crippen molar-refractivity contribution in [2.45, 2.75) is 90.2 Å². The SMILES string of the molecule is CCCCCCCC(C(=O)NCCCCCC)C(=O)NC(O)(CCN1CCOCC1)c1ccccc1. The fraction of sp³-hybridized carbons (Fsp3) is 0.724. The van der Waals surface area contributed by atoms with E-state index in [1.54, 1.807) is 0 Å². The number of aliphatic hydroxyl groups is 1. The monoisotopic (exact) mass is 503 g/mol. The van der Waals surface area contributed by atoms with Gasteiger partial charge in [0.15, 0.2) is 5.72 Å². The van der Waals surface area contributed by atoms with Gasteiger partial charge in [-0.3, -0.25) is 14.5 Å². The lowest BCUT2D eigenvalue weighted by Crippen LogP contribution is -2.52. The molecule has 7 heteroatoms. The van der Waals surface area contributed by atoms with Crippen LogP contribution in [0.4, 0.5) is 0 Å². The molecule has 2 unspecified atom stereocenters. The van der Waals surface area contributed by atoms with Crippen molar-refractivity contribution in [2.75, 3.05) is 39.4 Å². The molecule has 3 N–H and O–H groups in total. The van der Waals surface area contributed by atoms with Gasteiger partial charge < -0.3 is 20.5 Å². The zero-order valence-electron chi connectivity index (χ0n) is 22.6. The summed E-state index contributed by atoms with van der Waals surface area (Å²) in [4.78, 5) is 28.8. The summed E-state index contributed by atoms with van der Waals surface area (Å²) in [6.07, 6.45) is 10.3. The minimum atomic E-state index is -1.54. The Morgan fingerprint density at radius 2 is 1.58 bits per heavy atom. The van der Waals surface area contributed by atoms with E-state index in [-0.39, 0.29) is 5.91 Å². The molecule has 1 saturated heterocycles.